The molecule has 0 bridgehead atoms. The number of anilines is 6. The summed E-state index contributed by atoms with van der Waals surface area (Å²) in [5.41, 5.74) is 23.4. The zero-order valence-electron chi connectivity index (χ0n) is 39.5. The number of nitrogens with zero attached hydrogens (tertiary/aromatic N) is 4. The van der Waals surface area contributed by atoms with Crippen LogP contribution in [0.25, 0.3) is 55.0 Å². The topological polar surface area (TPSA) is 16.3 Å². The standard InChI is InChI=1S/C66H40B2N4Si/c1-5-21-41(22-6-1)69-53-35-16-14-31-48(53)67-49-32-19-30-46-59-63-47(45-29-13-15-34-52(45)70(63)42-23-7-2-8-24-42)39-51-65(59)72(62(46)49)66-60(67)55(69)40-56-61(66)68(51)50-33-20-38-58-64(50)71(56)54-36-17-18-37-57(54)73(58,43-25-9-3-10-26-43)44-27-11-4-12-28-44/h1-40H. The van der Waals surface area contributed by atoms with Gasteiger partial charge in [0.2, 0.25) is 0 Å². The summed E-state index contributed by atoms with van der Waals surface area (Å²) in [7, 11) is -2.96. The van der Waals surface area contributed by atoms with Crippen LogP contribution in [0.3, 0.4) is 0 Å². The number of para-hydroxylation sites is 7. The Morgan fingerprint density at radius 2 is 0.877 bits per heavy atom. The zero-order valence-corrected chi connectivity index (χ0v) is 40.5. The van der Waals surface area contributed by atoms with E-state index in [4.69, 9.17) is 0 Å². The molecule has 7 heteroatoms. The van der Waals surface area contributed by atoms with Crippen LogP contribution in [-0.4, -0.2) is 30.6 Å². The molecule has 0 amide bonds. The van der Waals surface area contributed by atoms with E-state index in [1.165, 1.54) is 137 Å². The molecule has 0 fully saturated rings. The normalized spacial score (nSPS) is 14.6. The van der Waals surface area contributed by atoms with Crippen molar-refractivity contribution in [2.75, 3.05) is 9.80 Å². The fourth-order valence-electron chi connectivity index (χ4n) is 15.0. The van der Waals surface area contributed by atoms with E-state index in [1.807, 2.05) is 0 Å². The summed E-state index contributed by atoms with van der Waals surface area (Å²) >= 11 is 0. The first-order valence-corrected chi connectivity index (χ1v) is 27.7. The van der Waals surface area contributed by atoms with Crippen molar-refractivity contribution in [1.82, 2.24) is 9.13 Å². The molecule has 0 saturated heterocycles. The third-order valence-corrected chi connectivity index (χ3v) is 22.3. The van der Waals surface area contributed by atoms with Crippen LogP contribution in [0.2, 0.25) is 0 Å². The summed E-state index contributed by atoms with van der Waals surface area (Å²) in [6.45, 7) is -0.0423. The van der Waals surface area contributed by atoms with E-state index in [2.05, 4.69) is 262 Å². The summed E-state index contributed by atoms with van der Waals surface area (Å²) in [6.07, 6.45) is 0. The van der Waals surface area contributed by atoms with Gasteiger partial charge in [0.15, 0.2) is 8.07 Å². The Bertz CT molecular complexity index is 4550. The molecule has 0 atom stereocenters. The molecule has 5 aliphatic heterocycles. The summed E-state index contributed by atoms with van der Waals surface area (Å²) in [5.74, 6) is 0. The maximum Gasteiger partial charge on any atom is 0.252 e. The van der Waals surface area contributed by atoms with Crippen molar-refractivity contribution < 1.29 is 0 Å². The lowest BCUT2D eigenvalue weighted by molar-refractivity contribution is 1.17. The van der Waals surface area contributed by atoms with Crippen LogP contribution in [0.1, 0.15) is 0 Å². The number of rotatable bonds is 4. The maximum absolute atomic E-state index is 2.96. The molecule has 0 spiro atoms. The first-order valence-electron chi connectivity index (χ1n) is 25.7. The van der Waals surface area contributed by atoms with Crippen molar-refractivity contribution >= 4 is 153 Å². The summed E-state index contributed by atoms with van der Waals surface area (Å²) in [5, 5.41) is 10.9. The van der Waals surface area contributed by atoms with Gasteiger partial charge in [0.1, 0.15) is 0 Å². The molecule has 0 saturated carbocycles. The quantitative estimate of drug-likeness (QED) is 0.164. The predicted octanol–water partition coefficient (Wildman–Crippen LogP) is 8.80. The number of benzene rings is 11. The van der Waals surface area contributed by atoms with Crippen LogP contribution in [-0.2, 0) is 0 Å². The minimum atomic E-state index is -2.96. The van der Waals surface area contributed by atoms with E-state index in [-0.39, 0.29) is 13.4 Å². The SMILES string of the molecule is c1ccc(N2c3ccccc3B3c4c2cc2c5c4-n4c6c3cccc6c3c4c(cc4c6ccccc6n(-c6ccccc6)c43)B5c3cccc4c3N2c2ccccc2[Si]4(c2ccccc2)c2ccccc2)cc1. The number of fused-ring (bicyclic) bond motifs is 13. The third-order valence-electron chi connectivity index (χ3n) is 17.5. The molecule has 2 aromatic heterocycles. The fraction of sp³-hybridized carbons (Fsp3) is 0. The van der Waals surface area contributed by atoms with Gasteiger partial charge in [0.05, 0.1) is 16.6 Å². The molecule has 334 valence electrons. The zero-order chi connectivity index (χ0) is 47.3. The Morgan fingerprint density at radius 1 is 0.315 bits per heavy atom. The van der Waals surface area contributed by atoms with Gasteiger partial charge < -0.3 is 18.9 Å². The summed E-state index contributed by atoms with van der Waals surface area (Å²) < 4.78 is 5.32. The molecular formula is C66H40B2N4Si. The van der Waals surface area contributed by atoms with Crippen molar-refractivity contribution in [3.05, 3.63) is 243 Å². The number of hydrogen-bond donors (Lipinski definition) is 0. The Kier molecular flexibility index (Phi) is 7.25. The van der Waals surface area contributed by atoms with Crippen molar-refractivity contribution in [1.29, 1.82) is 0 Å². The number of hydrogen-bond acceptors (Lipinski definition) is 2. The Hall–Kier alpha value is -9.03. The van der Waals surface area contributed by atoms with E-state index in [0.717, 1.165) is 5.69 Å². The van der Waals surface area contributed by atoms with Crippen LogP contribution in [0.15, 0.2) is 243 Å². The van der Waals surface area contributed by atoms with Crippen LogP contribution in [0, 0.1) is 0 Å². The molecule has 0 unspecified atom stereocenters. The van der Waals surface area contributed by atoms with E-state index in [1.54, 1.807) is 0 Å². The third kappa shape index (κ3) is 4.50. The second kappa shape index (κ2) is 13.7. The molecule has 7 heterocycles. The monoisotopic (exact) mass is 938 g/mol. The Labute approximate surface area is 423 Å². The summed E-state index contributed by atoms with van der Waals surface area (Å²) in [4.78, 5) is 5.30. The van der Waals surface area contributed by atoms with Crippen LogP contribution >= 0.6 is 0 Å². The Morgan fingerprint density at radius 3 is 1.64 bits per heavy atom. The average Bonchev–Trinajstić information content (AvgIpc) is 3.99. The van der Waals surface area contributed by atoms with Crippen LogP contribution in [0.4, 0.5) is 34.1 Å². The lowest BCUT2D eigenvalue weighted by Gasteiger charge is -2.51. The lowest BCUT2D eigenvalue weighted by Crippen LogP contribution is -2.79. The van der Waals surface area contributed by atoms with Crippen molar-refractivity contribution in [3.8, 4) is 11.4 Å². The van der Waals surface area contributed by atoms with Crippen LogP contribution < -0.4 is 63.3 Å². The van der Waals surface area contributed by atoms with E-state index in [9.17, 15) is 0 Å². The molecule has 5 aliphatic rings. The minimum absolute atomic E-state index is 0.0160. The van der Waals surface area contributed by atoms with Gasteiger partial charge in [-0.05, 0) is 102 Å². The van der Waals surface area contributed by atoms with Gasteiger partial charge >= 0.3 is 0 Å². The van der Waals surface area contributed by atoms with Gasteiger partial charge in [-0.2, -0.15) is 0 Å². The van der Waals surface area contributed by atoms with E-state index >= 15 is 0 Å². The second-order valence-electron chi connectivity index (χ2n) is 20.6. The van der Waals surface area contributed by atoms with Crippen LogP contribution in [0.5, 0.6) is 0 Å². The highest BCUT2D eigenvalue weighted by Crippen LogP contribution is 2.50. The molecule has 13 aromatic rings. The first-order chi connectivity index (χ1) is 36.3. The van der Waals surface area contributed by atoms with E-state index in [0.29, 0.717) is 0 Å². The van der Waals surface area contributed by atoms with Gasteiger partial charge in [-0.3, -0.25) is 0 Å². The highest BCUT2D eigenvalue weighted by Gasteiger charge is 2.55. The van der Waals surface area contributed by atoms with Gasteiger partial charge in [-0.15, -0.1) is 0 Å². The molecule has 0 N–H and O–H groups in total. The summed E-state index contributed by atoms with van der Waals surface area (Å²) in [6, 6.07) is 92.8. The molecule has 0 aliphatic carbocycles. The molecule has 73 heavy (non-hydrogen) atoms. The highest BCUT2D eigenvalue weighted by molar-refractivity contribution is 7.22. The van der Waals surface area contributed by atoms with Gasteiger partial charge in [0, 0.05) is 72.6 Å². The maximum atomic E-state index is 2.77. The first kappa shape index (κ1) is 38.7. The molecular weight excluding hydrogens is 898 g/mol. The minimum Gasteiger partial charge on any atom is -0.312 e. The van der Waals surface area contributed by atoms with Gasteiger partial charge in [0.25, 0.3) is 13.4 Å². The van der Waals surface area contributed by atoms with E-state index < -0.39 is 8.07 Å². The largest absolute Gasteiger partial charge is 0.312 e. The molecule has 0 radical (unpaired) electrons. The fourth-order valence-corrected chi connectivity index (χ4v) is 20.2. The van der Waals surface area contributed by atoms with Gasteiger partial charge in [-0.1, -0.05) is 194 Å². The predicted molar refractivity (Wildman–Crippen MR) is 311 cm³/mol. The highest BCUT2D eigenvalue weighted by atomic mass is 28.3. The molecule has 4 nitrogen and oxygen atoms in total. The Balaban J connectivity index is 1.09. The van der Waals surface area contributed by atoms with Crippen molar-refractivity contribution in [2.24, 2.45) is 0 Å². The smallest absolute Gasteiger partial charge is 0.252 e. The molecule has 11 aromatic carbocycles. The second-order valence-corrected chi connectivity index (χ2v) is 24.3. The van der Waals surface area contributed by atoms with Crippen molar-refractivity contribution in [2.45, 2.75) is 0 Å². The average molecular weight is 939 g/mol. The number of aromatic nitrogens is 2. The lowest BCUT2D eigenvalue weighted by atomic mass is 9.29. The molecule has 18 rings (SSSR count). The van der Waals surface area contributed by atoms with Gasteiger partial charge in [-0.25, -0.2) is 0 Å². The van der Waals surface area contributed by atoms with Crippen molar-refractivity contribution in [3.63, 3.8) is 0 Å².